The van der Waals surface area contributed by atoms with Crippen molar-refractivity contribution >= 4 is 18.1 Å². The minimum absolute atomic E-state index is 0.312. The van der Waals surface area contributed by atoms with Crippen LogP contribution in [0.4, 0.5) is 0 Å². The van der Waals surface area contributed by atoms with Crippen LogP contribution in [-0.2, 0) is 9.53 Å². The maximum atomic E-state index is 10.6. The van der Waals surface area contributed by atoms with E-state index in [2.05, 4.69) is 26.7 Å². The minimum atomic E-state index is -0.312. The number of carbonyl (C=O) groups excluding carboxylic acids is 1. The largest absolute Gasteiger partial charge is 0.463 e. The maximum Gasteiger partial charge on any atom is 0.330 e. The molecule has 2 rings (SSSR count). The molecular formula is C27H36O2. The highest BCUT2D eigenvalue weighted by Crippen LogP contribution is 2.04. The van der Waals surface area contributed by atoms with E-state index in [-0.39, 0.29) is 5.97 Å². The van der Waals surface area contributed by atoms with Crippen LogP contribution in [0.1, 0.15) is 56.6 Å². The van der Waals surface area contributed by atoms with Crippen LogP contribution in [-0.4, -0.2) is 12.6 Å². The lowest BCUT2D eigenvalue weighted by molar-refractivity contribution is -0.137. The predicted molar refractivity (Wildman–Crippen MR) is 128 cm³/mol. The van der Waals surface area contributed by atoms with Crippen LogP contribution in [0.2, 0.25) is 0 Å². The van der Waals surface area contributed by atoms with Gasteiger partial charge in [-0.1, -0.05) is 132 Å². The van der Waals surface area contributed by atoms with Crippen LogP contribution in [0.25, 0.3) is 12.2 Å². The second kappa shape index (κ2) is 19.9. The fraction of sp³-hybridized carbons (Fsp3) is 0.296. The van der Waals surface area contributed by atoms with Gasteiger partial charge in [-0.15, -0.1) is 0 Å². The van der Waals surface area contributed by atoms with E-state index in [9.17, 15) is 4.79 Å². The number of ether oxygens (including phenoxy) is 1. The first-order valence-electron chi connectivity index (χ1n) is 10.3. The Labute approximate surface area is 177 Å². The lowest BCUT2D eigenvalue weighted by Gasteiger charge is -2.01. The molecular weight excluding hydrogens is 356 g/mol. The van der Waals surface area contributed by atoms with Crippen molar-refractivity contribution in [1.29, 1.82) is 0 Å². The summed E-state index contributed by atoms with van der Waals surface area (Å²) in [6, 6.07) is 20.1. The summed E-state index contributed by atoms with van der Waals surface area (Å²) in [6.07, 6.45) is 12.1. The number of esters is 1. The van der Waals surface area contributed by atoms with Gasteiger partial charge in [-0.05, 0) is 17.5 Å². The highest BCUT2D eigenvalue weighted by Gasteiger charge is 1.94. The van der Waals surface area contributed by atoms with Crippen molar-refractivity contribution in [2.45, 2.75) is 45.4 Å². The lowest BCUT2D eigenvalue weighted by atomic mass is 10.1. The van der Waals surface area contributed by atoms with Crippen molar-refractivity contribution in [3.8, 4) is 0 Å². The molecule has 156 valence electrons. The Hall–Kier alpha value is -2.87. The molecule has 0 saturated heterocycles. The molecule has 0 aliphatic heterocycles. The predicted octanol–water partition coefficient (Wildman–Crippen LogP) is 7.74. The maximum absolute atomic E-state index is 10.6. The van der Waals surface area contributed by atoms with E-state index < -0.39 is 0 Å². The fourth-order valence-electron chi connectivity index (χ4n) is 2.29. The standard InChI is InChI=1S/C11H20O2.2C8H8/c1-3-5-6-7-8-9-10-13-11(12)4-2;2*1-2-8-6-4-3-5-7-8/h4H,2-3,5-10H2,1H3;2*2-7H,1H2. The van der Waals surface area contributed by atoms with Gasteiger partial charge in [-0.3, -0.25) is 0 Å². The van der Waals surface area contributed by atoms with Crippen molar-refractivity contribution in [2.24, 2.45) is 0 Å². The van der Waals surface area contributed by atoms with Gasteiger partial charge in [0.05, 0.1) is 6.61 Å². The van der Waals surface area contributed by atoms with E-state index in [0.29, 0.717) is 6.61 Å². The van der Waals surface area contributed by atoms with Crippen molar-refractivity contribution < 1.29 is 9.53 Å². The van der Waals surface area contributed by atoms with Gasteiger partial charge in [0.2, 0.25) is 0 Å². The van der Waals surface area contributed by atoms with Gasteiger partial charge in [0.15, 0.2) is 0 Å². The Morgan fingerprint density at radius 1 is 0.759 bits per heavy atom. The van der Waals surface area contributed by atoms with Gasteiger partial charge < -0.3 is 4.74 Å². The number of hydrogen-bond acceptors (Lipinski definition) is 2. The molecule has 0 heterocycles. The number of unbranched alkanes of at least 4 members (excludes halogenated alkanes) is 5. The van der Waals surface area contributed by atoms with E-state index in [0.717, 1.165) is 12.8 Å². The van der Waals surface area contributed by atoms with Crippen LogP contribution >= 0.6 is 0 Å². The average molecular weight is 393 g/mol. The molecule has 2 aromatic carbocycles. The Balaban J connectivity index is 0.000000423. The smallest absolute Gasteiger partial charge is 0.330 e. The molecule has 0 aliphatic rings. The van der Waals surface area contributed by atoms with E-state index in [1.54, 1.807) is 0 Å². The molecule has 0 radical (unpaired) electrons. The monoisotopic (exact) mass is 392 g/mol. The van der Waals surface area contributed by atoms with E-state index in [1.165, 1.54) is 42.9 Å². The molecule has 0 spiro atoms. The molecule has 0 N–H and O–H groups in total. The Kier molecular flexibility index (Phi) is 17.9. The first kappa shape index (κ1) is 26.1. The molecule has 2 heteroatoms. The Morgan fingerprint density at radius 3 is 1.59 bits per heavy atom. The summed E-state index contributed by atoms with van der Waals surface area (Å²) in [4.78, 5) is 10.6. The SMILES string of the molecule is C=CC(=O)OCCCCCCCC.C=Cc1ccccc1.C=Cc1ccccc1. The summed E-state index contributed by atoms with van der Waals surface area (Å²) < 4.78 is 4.84. The summed E-state index contributed by atoms with van der Waals surface area (Å²) in [5, 5.41) is 0. The minimum Gasteiger partial charge on any atom is -0.463 e. The van der Waals surface area contributed by atoms with E-state index in [4.69, 9.17) is 4.74 Å². The summed E-state index contributed by atoms with van der Waals surface area (Å²) in [7, 11) is 0. The van der Waals surface area contributed by atoms with Crippen LogP contribution in [0.15, 0.2) is 86.5 Å². The van der Waals surface area contributed by atoms with Crippen molar-refractivity contribution in [3.63, 3.8) is 0 Å². The third-order valence-electron chi connectivity index (χ3n) is 3.98. The molecule has 0 aromatic heterocycles. The second-order valence-corrected chi connectivity index (χ2v) is 6.37. The lowest BCUT2D eigenvalue weighted by Crippen LogP contribution is -2.01. The van der Waals surface area contributed by atoms with Crippen LogP contribution in [0, 0.1) is 0 Å². The third kappa shape index (κ3) is 17.0. The van der Waals surface area contributed by atoms with Crippen LogP contribution in [0.3, 0.4) is 0 Å². The molecule has 0 saturated carbocycles. The second-order valence-electron chi connectivity index (χ2n) is 6.37. The third-order valence-corrected chi connectivity index (χ3v) is 3.98. The average Bonchev–Trinajstić information content (AvgIpc) is 2.80. The molecule has 0 bridgehead atoms. The quantitative estimate of drug-likeness (QED) is 0.235. The van der Waals surface area contributed by atoms with Gasteiger partial charge in [0.25, 0.3) is 0 Å². The van der Waals surface area contributed by atoms with Gasteiger partial charge in [-0.2, -0.15) is 0 Å². The van der Waals surface area contributed by atoms with Gasteiger partial charge >= 0.3 is 5.97 Å². The normalized spacial score (nSPS) is 9.00. The molecule has 0 unspecified atom stereocenters. The van der Waals surface area contributed by atoms with Crippen molar-refractivity contribution in [2.75, 3.05) is 6.61 Å². The van der Waals surface area contributed by atoms with Crippen molar-refractivity contribution in [3.05, 3.63) is 97.6 Å². The summed E-state index contributed by atoms with van der Waals surface area (Å²) >= 11 is 0. The number of carbonyl (C=O) groups is 1. The highest BCUT2D eigenvalue weighted by atomic mass is 16.5. The van der Waals surface area contributed by atoms with Gasteiger partial charge in [-0.25, -0.2) is 4.79 Å². The number of hydrogen-bond donors (Lipinski definition) is 0. The molecule has 0 amide bonds. The molecule has 0 atom stereocenters. The summed E-state index contributed by atoms with van der Waals surface area (Å²) in [5.41, 5.74) is 2.35. The first-order valence-corrected chi connectivity index (χ1v) is 10.3. The molecule has 0 aliphatic carbocycles. The molecule has 2 aromatic rings. The molecule has 29 heavy (non-hydrogen) atoms. The van der Waals surface area contributed by atoms with Crippen LogP contribution < -0.4 is 0 Å². The zero-order chi connectivity index (χ0) is 21.6. The summed E-state index contributed by atoms with van der Waals surface area (Å²) in [6.45, 7) is 13.3. The van der Waals surface area contributed by atoms with Gasteiger partial charge in [0.1, 0.15) is 0 Å². The topological polar surface area (TPSA) is 26.3 Å². The summed E-state index contributed by atoms with van der Waals surface area (Å²) in [5.74, 6) is -0.312. The molecule has 2 nitrogen and oxygen atoms in total. The fourth-order valence-corrected chi connectivity index (χ4v) is 2.29. The Bertz CT molecular complexity index is 616. The zero-order valence-electron chi connectivity index (χ0n) is 17.9. The van der Waals surface area contributed by atoms with Gasteiger partial charge in [0, 0.05) is 6.08 Å². The zero-order valence-corrected chi connectivity index (χ0v) is 17.9. The Morgan fingerprint density at radius 2 is 1.21 bits per heavy atom. The van der Waals surface area contributed by atoms with Crippen molar-refractivity contribution in [1.82, 2.24) is 0 Å². The first-order chi connectivity index (χ1) is 14.2. The molecule has 0 fully saturated rings. The number of benzene rings is 2. The van der Waals surface area contributed by atoms with E-state index in [1.807, 2.05) is 72.8 Å². The highest BCUT2D eigenvalue weighted by molar-refractivity contribution is 5.81. The van der Waals surface area contributed by atoms with E-state index >= 15 is 0 Å². The van der Waals surface area contributed by atoms with Crippen LogP contribution in [0.5, 0.6) is 0 Å². The number of rotatable bonds is 10.